The molecule has 4 amide bonds. The van der Waals surface area contributed by atoms with Crippen molar-refractivity contribution in [2.24, 2.45) is 11.3 Å². The number of rotatable bonds is 12. The smallest absolute Gasteiger partial charge is 0.328 e. The van der Waals surface area contributed by atoms with Crippen LogP contribution in [0.5, 0.6) is 17.5 Å². The van der Waals surface area contributed by atoms with Crippen LogP contribution in [0.25, 0.3) is 10.8 Å². The maximum absolute atomic E-state index is 15.0. The lowest BCUT2D eigenvalue weighted by Gasteiger charge is -2.40. The van der Waals surface area contributed by atoms with Gasteiger partial charge in [0.1, 0.15) is 23.4 Å². The fourth-order valence-electron chi connectivity index (χ4n) is 6.92. The molecular weight excluding hydrogens is 687 g/mol. The number of methoxy groups -OCH3 is 2. The number of aromatic nitrogens is 1. The van der Waals surface area contributed by atoms with E-state index in [4.69, 9.17) is 14.2 Å². The van der Waals surface area contributed by atoms with E-state index in [2.05, 4.69) is 21.6 Å². The van der Waals surface area contributed by atoms with Gasteiger partial charge in [-0.3, -0.25) is 14.3 Å². The van der Waals surface area contributed by atoms with Crippen molar-refractivity contribution in [2.75, 3.05) is 26.1 Å². The minimum Gasteiger partial charge on any atom is -0.497 e. The number of sulfonamides is 1. The summed E-state index contributed by atoms with van der Waals surface area (Å²) in [4.78, 5) is 51.2. The third-order valence-electron chi connectivity index (χ3n) is 10.1. The molecule has 2 aliphatic carbocycles. The predicted molar refractivity (Wildman–Crippen MR) is 197 cm³/mol. The van der Waals surface area contributed by atoms with Gasteiger partial charge in [0, 0.05) is 35.5 Å². The van der Waals surface area contributed by atoms with Crippen molar-refractivity contribution >= 4 is 44.3 Å². The molecule has 13 nitrogen and oxygen atoms in total. The van der Waals surface area contributed by atoms with Gasteiger partial charge in [-0.05, 0) is 67.3 Å². The number of fused-ring (bicyclic) bond motifs is 1. The second kappa shape index (κ2) is 13.9. The van der Waals surface area contributed by atoms with Gasteiger partial charge in [0.05, 0.1) is 26.0 Å². The quantitative estimate of drug-likeness (QED) is 0.240. The molecule has 52 heavy (non-hydrogen) atoms. The number of hydrogen-bond donors (Lipinski definition) is 2. The molecule has 3 fully saturated rings. The summed E-state index contributed by atoms with van der Waals surface area (Å²) in [5.41, 5.74) is -1.90. The Morgan fingerprint density at radius 1 is 1.08 bits per heavy atom. The van der Waals surface area contributed by atoms with Crippen LogP contribution < -0.4 is 24.2 Å². The molecule has 0 bridgehead atoms. The van der Waals surface area contributed by atoms with Gasteiger partial charge in [-0.2, -0.15) is 4.98 Å². The summed E-state index contributed by atoms with van der Waals surface area (Å²) in [5, 5.41) is 4.11. The van der Waals surface area contributed by atoms with Crippen molar-refractivity contribution in [2.45, 2.75) is 82.4 Å². The van der Waals surface area contributed by atoms with Crippen LogP contribution in [0.1, 0.15) is 53.4 Å². The number of hydrogen-bond acceptors (Lipinski definition) is 10. The maximum Gasteiger partial charge on any atom is 0.328 e. The Morgan fingerprint density at radius 2 is 1.79 bits per heavy atom. The second-order valence-corrected chi connectivity index (χ2v) is 16.9. The molecule has 2 heterocycles. The lowest BCUT2D eigenvalue weighted by molar-refractivity contribution is -0.141. The Balaban J connectivity index is 1.36. The summed E-state index contributed by atoms with van der Waals surface area (Å²) < 4.78 is 45.6. The molecule has 2 saturated carbocycles. The fraction of sp³-hybridized carbons (Fsp3) is 0.474. The summed E-state index contributed by atoms with van der Waals surface area (Å²) >= 11 is 0. The number of urea groups is 1. The van der Waals surface area contributed by atoms with Crippen LogP contribution in [0, 0.1) is 11.3 Å². The minimum atomic E-state index is -4.00. The summed E-state index contributed by atoms with van der Waals surface area (Å²) in [6.07, 6.45) is 2.28. The first-order valence-electron chi connectivity index (χ1n) is 17.5. The number of carbonyl (C=O) groups is 3. The Kier molecular flexibility index (Phi) is 9.90. The van der Waals surface area contributed by atoms with Crippen LogP contribution in [0.3, 0.4) is 0 Å². The SMILES string of the molecule is C=C[C@@H]1C[C@@]1(C(=O)NS(=O)(=O)C1CC1)N(C(=O)[C@@H](Nc1ccccc1)C(C)(C)C)C(=O)N1C[C@H](Oc2nc(OC)cc3cc(OC)ccc23)CC1C. The minimum absolute atomic E-state index is 0.0352. The Bertz CT molecular complexity index is 1970. The van der Waals surface area contributed by atoms with E-state index in [0.717, 1.165) is 15.7 Å². The molecule has 0 radical (unpaired) electrons. The molecule has 3 aliphatic rings. The lowest BCUT2D eigenvalue weighted by atomic mass is 9.85. The number of nitrogens with one attached hydrogen (secondary N) is 2. The molecule has 278 valence electrons. The molecule has 2 aromatic carbocycles. The van der Waals surface area contributed by atoms with Gasteiger partial charge in [0.2, 0.25) is 21.8 Å². The highest BCUT2D eigenvalue weighted by atomic mass is 32.2. The lowest BCUT2D eigenvalue weighted by Crippen LogP contribution is -2.64. The number of likely N-dealkylation sites (tertiary alicyclic amines) is 1. The van der Waals surface area contributed by atoms with Crippen molar-refractivity contribution < 1.29 is 37.0 Å². The van der Waals surface area contributed by atoms with E-state index in [0.29, 0.717) is 42.5 Å². The average molecular weight is 734 g/mol. The standard InChI is InChI=1S/C38H47N5O8S/c1-8-25-21-38(25,35(45)41-52(47,48)29-15-16-29)43(34(44)32(37(3,4)5)39-26-12-10-9-11-13-26)36(46)42-22-28(18-23(42)2)51-33-30-17-14-27(49-6)19-24(30)20-31(40-33)50-7/h8-14,17,19-20,23,25,28-29,32,39H,1,15-16,18,21-22H2,2-7H3,(H,41,45)/t23?,25-,28-,32-,38-/m1/s1. The third-order valence-corrected chi connectivity index (χ3v) is 11.9. The van der Waals surface area contributed by atoms with Gasteiger partial charge in [-0.15, -0.1) is 6.58 Å². The van der Waals surface area contributed by atoms with E-state index in [1.165, 1.54) is 18.1 Å². The number of benzene rings is 2. The number of amides is 4. The number of carbonyl (C=O) groups excluding carboxylic acids is 3. The Hall–Kier alpha value is -4.85. The van der Waals surface area contributed by atoms with Crippen LogP contribution in [0.2, 0.25) is 0 Å². The summed E-state index contributed by atoms with van der Waals surface area (Å²) in [5.74, 6) is -0.938. The molecule has 5 atom stereocenters. The van der Waals surface area contributed by atoms with Crippen molar-refractivity contribution in [3.8, 4) is 17.5 Å². The Labute approximate surface area is 304 Å². The third kappa shape index (κ3) is 7.12. The summed E-state index contributed by atoms with van der Waals surface area (Å²) in [7, 11) is -0.913. The van der Waals surface area contributed by atoms with Gasteiger partial charge in [0.25, 0.3) is 11.8 Å². The zero-order chi connectivity index (χ0) is 37.6. The normalized spacial score (nSPS) is 23.3. The molecule has 1 unspecified atom stereocenters. The monoisotopic (exact) mass is 733 g/mol. The molecule has 1 aromatic heterocycles. The number of ether oxygens (including phenoxy) is 3. The predicted octanol–water partition coefficient (Wildman–Crippen LogP) is 5.12. The first-order chi connectivity index (χ1) is 24.6. The zero-order valence-corrected chi connectivity index (χ0v) is 31.2. The average Bonchev–Trinajstić information content (AvgIpc) is 4.04. The first-order valence-corrected chi connectivity index (χ1v) is 19.0. The van der Waals surface area contributed by atoms with E-state index < -0.39 is 68.2 Å². The van der Waals surface area contributed by atoms with Crippen LogP contribution in [-0.4, -0.2) is 90.8 Å². The van der Waals surface area contributed by atoms with E-state index in [1.54, 1.807) is 19.2 Å². The van der Waals surface area contributed by atoms with Crippen LogP contribution in [0.4, 0.5) is 10.5 Å². The molecule has 1 saturated heterocycles. The largest absolute Gasteiger partial charge is 0.497 e. The number of nitrogens with zero attached hydrogens (tertiary/aromatic N) is 3. The van der Waals surface area contributed by atoms with Gasteiger partial charge < -0.3 is 24.4 Å². The van der Waals surface area contributed by atoms with Crippen molar-refractivity contribution in [1.29, 1.82) is 0 Å². The molecular formula is C38H47N5O8S. The van der Waals surface area contributed by atoms with Crippen LogP contribution in [0.15, 0.2) is 67.3 Å². The summed E-state index contributed by atoms with van der Waals surface area (Å²) in [6.45, 7) is 11.4. The molecule has 1 aliphatic heterocycles. The van der Waals surface area contributed by atoms with Gasteiger partial charge >= 0.3 is 6.03 Å². The van der Waals surface area contributed by atoms with E-state index >= 15 is 0 Å². The zero-order valence-electron chi connectivity index (χ0n) is 30.4. The van der Waals surface area contributed by atoms with Crippen LogP contribution >= 0.6 is 0 Å². The molecule has 0 spiro atoms. The molecule has 3 aromatic rings. The highest BCUT2D eigenvalue weighted by Crippen LogP contribution is 2.51. The Morgan fingerprint density at radius 3 is 2.38 bits per heavy atom. The fourth-order valence-corrected chi connectivity index (χ4v) is 8.27. The van der Waals surface area contributed by atoms with Crippen molar-refractivity contribution in [3.63, 3.8) is 0 Å². The van der Waals surface area contributed by atoms with E-state index in [9.17, 15) is 22.8 Å². The summed E-state index contributed by atoms with van der Waals surface area (Å²) in [6, 6.07) is 14.3. The number of pyridine rings is 1. The first kappa shape index (κ1) is 36.9. The maximum atomic E-state index is 15.0. The topological polar surface area (TPSA) is 156 Å². The van der Waals surface area contributed by atoms with Gasteiger partial charge in [0.15, 0.2) is 0 Å². The number of imide groups is 1. The van der Waals surface area contributed by atoms with Gasteiger partial charge in [-0.25, -0.2) is 18.1 Å². The number of anilines is 1. The molecule has 2 N–H and O–H groups in total. The van der Waals surface area contributed by atoms with Crippen LogP contribution in [-0.2, 0) is 19.6 Å². The van der Waals surface area contributed by atoms with Crippen molar-refractivity contribution in [3.05, 3.63) is 67.3 Å². The molecule has 14 heteroatoms. The second-order valence-electron chi connectivity index (χ2n) is 14.9. The molecule has 6 rings (SSSR count). The number of para-hydroxylation sites is 1. The van der Waals surface area contributed by atoms with E-state index in [1.807, 2.05) is 70.2 Å². The highest BCUT2D eigenvalue weighted by molar-refractivity contribution is 7.91. The van der Waals surface area contributed by atoms with E-state index in [-0.39, 0.29) is 13.0 Å². The van der Waals surface area contributed by atoms with Gasteiger partial charge in [-0.1, -0.05) is 45.0 Å². The van der Waals surface area contributed by atoms with Crippen molar-refractivity contribution in [1.82, 2.24) is 19.5 Å². The highest BCUT2D eigenvalue weighted by Gasteiger charge is 2.68.